The summed E-state index contributed by atoms with van der Waals surface area (Å²) in [5, 5.41) is 2.65. The van der Waals surface area contributed by atoms with Gasteiger partial charge in [0.25, 0.3) is 5.91 Å². The van der Waals surface area contributed by atoms with Crippen molar-refractivity contribution in [2.45, 2.75) is 20.3 Å². The van der Waals surface area contributed by atoms with Gasteiger partial charge in [0, 0.05) is 25.7 Å². The molecule has 0 spiro atoms. The average Bonchev–Trinajstić information content (AvgIpc) is 2.37. The molecule has 1 aromatic carbocycles. The molecule has 1 fully saturated rings. The molecule has 3 N–H and O–H groups in total. The summed E-state index contributed by atoms with van der Waals surface area (Å²) in [4.78, 5) is 14.0. The van der Waals surface area contributed by atoms with E-state index < -0.39 is 0 Å². The summed E-state index contributed by atoms with van der Waals surface area (Å²) in [5.74, 6) is 1.25. The predicted octanol–water partition coefficient (Wildman–Crippen LogP) is 2.11. The van der Waals surface area contributed by atoms with Crippen LogP contribution in [-0.2, 0) is 0 Å². The van der Waals surface area contributed by atoms with E-state index in [2.05, 4.69) is 24.1 Å². The number of nitrogens with two attached hydrogens (primary N) is 1. The number of amides is 1. The molecule has 19 heavy (non-hydrogen) atoms. The van der Waals surface area contributed by atoms with E-state index >= 15 is 0 Å². The van der Waals surface area contributed by atoms with Crippen LogP contribution in [0.25, 0.3) is 0 Å². The van der Waals surface area contributed by atoms with Crippen LogP contribution in [0.15, 0.2) is 18.2 Å². The maximum absolute atomic E-state index is 11.7. The number of hydrogen-bond donors (Lipinski definition) is 2. The lowest BCUT2D eigenvalue weighted by molar-refractivity contribution is 0.0963. The van der Waals surface area contributed by atoms with Crippen LogP contribution < -0.4 is 16.0 Å². The fourth-order valence-electron chi connectivity index (χ4n) is 2.96. The molecule has 2 atom stereocenters. The zero-order valence-corrected chi connectivity index (χ0v) is 11.9. The minimum atomic E-state index is -0.0700. The van der Waals surface area contributed by atoms with Crippen LogP contribution in [0.1, 0.15) is 30.6 Å². The first-order valence-electron chi connectivity index (χ1n) is 6.87. The number of carbonyl (C=O) groups excluding carboxylic acids is 1. The Bertz CT molecular complexity index is 462. The number of piperidine rings is 1. The summed E-state index contributed by atoms with van der Waals surface area (Å²) in [6, 6.07) is 5.50. The Morgan fingerprint density at radius 2 is 1.95 bits per heavy atom. The highest BCUT2D eigenvalue weighted by molar-refractivity contribution is 5.96. The predicted molar refractivity (Wildman–Crippen MR) is 79.4 cm³/mol. The zero-order valence-electron chi connectivity index (χ0n) is 11.9. The topological polar surface area (TPSA) is 58.4 Å². The molecule has 4 nitrogen and oxygen atoms in total. The van der Waals surface area contributed by atoms with E-state index in [1.807, 2.05) is 12.1 Å². The first-order chi connectivity index (χ1) is 9.01. The molecule has 1 aromatic rings. The Labute approximate surface area is 115 Å². The normalized spacial score (nSPS) is 23.2. The standard InChI is InChI=1S/C15H23N3O/c1-10-6-11(2)9-18(8-10)14-7-12(15(19)17-3)4-5-13(14)16/h4-5,7,10-11H,6,8-9,16H2,1-3H3,(H,17,19). The Morgan fingerprint density at radius 1 is 1.32 bits per heavy atom. The smallest absolute Gasteiger partial charge is 0.251 e. The van der Waals surface area contributed by atoms with Crippen molar-refractivity contribution in [1.29, 1.82) is 0 Å². The lowest BCUT2D eigenvalue weighted by Gasteiger charge is -2.37. The Kier molecular flexibility index (Phi) is 3.98. The molecular formula is C15H23N3O. The van der Waals surface area contributed by atoms with Crippen LogP contribution in [0.3, 0.4) is 0 Å². The van der Waals surface area contributed by atoms with Gasteiger partial charge in [-0.3, -0.25) is 4.79 Å². The van der Waals surface area contributed by atoms with Gasteiger partial charge in [0.1, 0.15) is 0 Å². The first-order valence-corrected chi connectivity index (χ1v) is 6.87. The van der Waals surface area contributed by atoms with Crippen molar-refractivity contribution >= 4 is 17.3 Å². The molecule has 1 heterocycles. The van der Waals surface area contributed by atoms with Crippen LogP contribution in [0.4, 0.5) is 11.4 Å². The molecule has 104 valence electrons. The molecule has 2 rings (SSSR count). The average molecular weight is 261 g/mol. The molecule has 0 aliphatic carbocycles. The second-order valence-corrected chi connectivity index (χ2v) is 5.70. The molecule has 0 saturated carbocycles. The van der Waals surface area contributed by atoms with Gasteiger partial charge in [0.15, 0.2) is 0 Å². The van der Waals surface area contributed by atoms with Crippen molar-refractivity contribution < 1.29 is 4.79 Å². The van der Waals surface area contributed by atoms with Gasteiger partial charge in [0.05, 0.1) is 11.4 Å². The first kappa shape index (κ1) is 13.7. The molecule has 2 unspecified atom stereocenters. The molecule has 1 aliphatic rings. The van der Waals surface area contributed by atoms with Crippen molar-refractivity contribution in [3.63, 3.8) is 0 Å². The van der Waals surface area contributed by atoms with Crippen LogP contribution in [-0.4, -0.2) is 26.0 Å². The maximum Gasteiger partial charge on any atom is 0.251 e. The van der Waals surface area contributed by atoms with Crippen molar-refractivity contribution in [2.24, 2.45) is 11.8 Å². The largest absolute Gasteiger partial charge is 0.397 e. The minimum Gasteiger partial charge on any atom is -0.397 e. The van der Waals surface area contributed by atoms with Gasteiger partial charge in [-0.25, -0.2) is 0 Å². The second kappa shape index (κ2) is 5.51. The van der Waals surface area contributed by atoms with Crippen LogP contribution in [0, 0.1) is 11.8 Å². The molecule has 1 aliphatic heterocycles. The van der Waals surface area contributed by atoms with Gasteiger partial charge >= 0.3 is 0 Å². The third-order valence-electron chi connectivity index (χ3n) is 3.73. The van der Waals surface area contributed by atoms with Crippen LogP contribution >= 0.6 is 0 Å². The van der Waals surface area contributed by atoms with Gasteiger partial charge < -0.3 is 16.0 Å². The van der Waals surface area contributed by atoms with Gasteiger partial charge in [-0.05, 0) is 36.5 Å². The van der Waals surface area contributed by atoms with E-state index in [1.54, 1.807) is 13.1 Å². The Morgan fingerprint density at radius 3 is 2.53 bits per heavy atom. The molecule has 1 amide bonds. The summed E-state index contributed by atoms with van der Waals surface area (Å²) >= 11 is 0. The van der Waals surface area contributed by atoms with Gasteiger partial charge in [-0.15, -0.1) is 0 Å². The number of nitrogens with zero attached hydrogens (tertiary/aromatic N) is 1. The third kappa shape index (κ3) is 3.00. The third-order valence-corrected chi connectivity index (χ3v) is 3.73. The van der Waals surface area contributed by atoms with E-state index in [0.29, 0.717) is 17.4 Å². The second-order valence-electron chi connectivity index (χ2n) is 5.70. The zero-order chi connectivity index (χ0) is 14.0. The summed E-state index contributed by atoms with van der Waals surface area (Å²) in [6.45, 7) is 6.54. The Hall–Kier alpha value is -1.71. The number of anilines is 2. The van der Waals surface area contributed by atoms with Crippen molar-refractivity contribution in [3.05, 3.63) is 23.8 Å². The number of hydrogen-bond acceptors (Lipinski definition) is 3. The molecule has 0 aromatic heterocycles. The van der Waals surface area contributed by atoms with Gasteiger partial charge in [0.2, 0.25) is 0 Å². The highest BCUT2D eigenvalue weighted by Gasteiger charge is 2.23. The number of benzene rings is 1. The number of nitrogen functional groups attached to an aromatic ring is 1. The quantitative estimate of drug-likeness (QED) is 0.802. The van der Waals surface area contributed by atoms with Crippen LogP contribution in [0.5, 0.6) is 0 Å². The SMILES string of the molecule is CNC(=O)c1ccc(N)c(N2CC(C)CC(C)C2)c1. The van der Waals surface area contributed by atoms with E-state index in [-0.39, 0.29) is 5.91 Å². The monoisotopic (exact) mass is 261 g/mol. The molecule has 4 heteroatoms. The molecule has 1 saturated heterocycles. The molecular weight excluding hydrogens is 238 g/mol. The highest BCUT2D eigenvalue weighted by atomic mass is 16.1. The fourth-order valence-corrected chi connectivity index (χ4v) is 2.96. The Balaban J connectivity index is 2.30. The van der Waals surface area contributed by atoms with E-state index in [0.717, 1.165) is 24.5 Å². The summed E-state index contributed by atoms with van der Waals surface area (Å²) < 4.78 is 0. The number of carbonyl (C=O) groups is 1. The minimum absolute atomic E-state index is 0.0700. The summed E-state index contributed by atoms with van der Waals surface area (Å²) in [5.41, 5.74) is 8.47. The lowest BCUT2D eigenvalue weighted by atomic mass is 9.91. The lowest BCUT2D eigenvalue weighted by Crippen LogP contribution is -2.39. The van der Waals surface area contributed by atoms with Crippen molar-refractivity contribution in [2.75, 3.05) is 30.8 Å². The summed E-state index contributed by atoms with van der Waals surface area (Å²) in [7, 11) is 1.64. The van der Waals surface area contributed by atoms with E-state index in [4.69, 9.17) is 5.73 Å². The number of nitrogens with one attached hydrogen (secondary N) is 1. The van der Waals surface area contributed by atoms with E-state index in [9.17, 15) is 4.79 Å². The van der Waals surface area contributed by atoms with E-state index in [1.165, 1.54) is 6.42 Å². The van der Waals surface area contributed by atoms with Crippen LogP contribution in [0.2, 0.25) is 0 Å². The maximum atomic E-state index is 11.7. The highest BCUT2D eigenvalue weighted by Crippen LogP contribution is 2.31. The molecule has 0 radical (unpaired) electrons. The van der Waals surface area contributed by atoms with Crippen molar-refractivity contribution in [1.82, 2.24) is 5.32 Å². The number of rotatable bonds is 2. The van der Waals surface area contributed by atoms with Gasteiger partial charge in [-0.1, -0.05) is 13.8 Å². The van der Waals surface area contributed by atoms with Gasteiger partial charge in [-0.2, -0.15) is 0 Å². The van der Waals surface area contributed by atoms with Crippen molar-refractivity contribution in [3.8, 4) is 0 Å². The fraction of sp³-hybridized carbons (Fsp3) is 0.533. The summed E-state index contributed by atoms with van der Waals surface area (Å²) in [6.07, 6.45) is 1.26. The molecule has 0 bridgehead atoms.